The van der Waals surface area contributed by atoms with Gasteiger partial charge in [0, 0.05) is 48.2 Å². The summed E-state index contributed by atoms with van der Waals surface area (Å²) in [5.41, 5.74) is 4.09. The molecule has 49 heavy (non-hydrogen) atoms. The van der Waals surface area contributed by atoms with Crippen LogP contribution >= 0.6 is 0 Å². The highest BCUT2D eigenvalue weighted by molar-refractivity contribution is 7.90. The third kappa shape index (κ3) is 6.39. The number of likely N-dealkylation sites (N-methyl/N-ethyl adjacent to an activating group) is 1. The summed E-state index contributed by atoms with van der Waals surface area (Å²) in [6, 6.07) is 14.3. The number of aromatic nitrogens is 1. The Bertz CT molecular complexity index is 1820. The van der Waals surface area contributed by atoms with Gasteiger partial charge in [-0.15, -0.1) is 0 Å². The summed E-state index contributed by atoms with van der Waals surface area (Å²) < 4.78 is 35.4. The maximum Gasteiger partial charge on any atom is 0.264 e. The molecule has 4 fully saturated rings. The van der Waals surface area contributed by atoms with E-state index < -0.39 is 21.3 Å². The average molecular weight is 689 g/mol. The van der Waals surface area contributed by atoms with Crippen LogP contribution in [0.2, 0.25) is 0 Å². The summed E-state index contributed by atoms with van der Waals surface area (Å²) in [5.74, 6) is 0.904. The fraction of sp³-hybridized carbons (Fsp3) is 0.590. The van der Waals surface area contributed by atoms with E-state index in [9.17, 15) is 18.0 Å². The number of ether oxygens (including phenoxy) is 1. The van der Waals surface area contributed by atoms with E-state index in [1.54, 1.807) is 20.1 Å². The van der Waals surface area contributed by atoms with E-state index in [0.29, 0.717) is 24.4 Å². The third-order valence-electron chi connectivity index (χ3n) is 11.9. The molecule has 0 spiro atoms. The van der Waals surface area contributed by atoms with Crippen molar-refractivity contribution < 1.29 is 22.7 Å². The molecule has 7 rings (SSSR count). The Morgan fingerprint density at radius 1 is 0.959 bits per heavy atom. The SMILES string of the molecule is CCCS(=O)(=O)NC(=O)c1ccc2c(C3CCCCC3)c(-c3ccc(OC)cc3)n(CC3(C(=O)N4C5CCCC4CN(C)C5)CC3C)c2c1. The van der Waals surface area contributed by atoms with Gasteiger partial charge >= 0.3 is 0 Å². The molecule has 2 saturated carbocycles. The Balaban J connectivity index is 1.39. The fourth-order valence-electron chi connectivity index (χ4n) is 9.33. The number of hydrogen-bond acceptors (Lipinski definition) is 6. The van der Waals surface area contributed by atoms with Crippen molar-refractivity contribution in [1.29, 1.82) is 0 Å². The van der Waals surface area contributed by atoms with Crippen LogP contribution in [0.3, 0.4) is 0 Å². The van der Waals surface area contributed by atoms with Gasteiger partial charge in [0.2, 0.25) is 15.9 Å². The second kappa shape index (κ2) is 13.4. The summed E-state index contributed by atoms with van der Waals surface area (Å²) in [6.07, 6.45) is 10.3. The summed E-state index contributed by atoms with van der Waals surface area (Å²) >= 11 is 0. The van der Waals surface area contributed by atoms with Crippen molar-refractivity contribution in [3.05, 3.63) is 53.6 Å². The van der Waals surface area contributed by atoms with Crippen molar-refractivity contribution >= 4 is 32.7 Å². The maximum atomic E-state index is 14.9. The Labute approximate surface area is 291 Å². The lowest BCUT2D eigenvalue weighted by Crippen LogP contribution is -2.63. The lowest BCUT2D eigenvalue weighted by molar-refractivity contribution is -0.150. The van der Waals surface area contributed by atoms with Gasteiger partial charge in [0.05, 0.1) is 24.0 Å². The molecule has 4 aliphatic rings. The highest BCUT2D eigenvalue weighted by atomic mass is 32.2. The van der Waals surface area contributed by atoms with Crippen LogP contribution in [0.25, 0.3) is 22.2 Å². The molecule has 3 aromatic rings. The second-order valence-electron chi connectivity index (χ2n) is 15.3. The van der Waals surface area contributed by atoms with Crippen molar-refractivity contribution in [2.75, 3.05) is 33.0 Å². The van der Waals surface area contributed by atoms with Gasteiger partial charge in [-0.2, -0.15) is 0 Å². The van der Waals surface area contributed by atoms with Gasteiger partial charge in [0.1, 0.15) is 5.75 Å². The van der Waals surface area contributed by atoms with Gasteiger partial charge in [-0.1, -0.05) is 39.2 Å². The number of carbonyl (C=O) groups excluding carboxylic acids is 2. The molecule has 1 aromatic heterocycles. The van der Waals surface area contributed by atoms with E-state index in [4.69, 9.17) is 4.74 Å². The minimum Gasteiger partial charge on any atom is -0.497 e. The van der Waals surface area contributed by atoms with E-state index >= 15 is 0 Å². The van der Waals surface area contributed by atoms with E-state index in [-0.39, 0.29) is 29.7 Å². The lowest BCUT2D eigenvalue weighted by atomic mass is 9.81. The zero-order chi connectivity index (χ0) is 34.5. The first-order valence-electron chi connectivity index (χ1n) is 18.4. The van der Waals surface area contributed by atoms with Crippen LogP contribution in [0.15, 0.2) is 42.5 Å². The highest BCUT2D eigenvalue weighted by Gasteiger charge is 2.61. The van der Waals surface area contributed by atoms with Gasteiger partial charge in [0.25, 0.3) is 5.91 Å². The minimum atomic E-state index is -3.75. The molecule has 2 saturated heterocycles. The number of nitrogens with one attached hydrogen (secondary N) is 1. The van der Waals surface area contributed by atoms with Crippen LogP contribution < -0.4 is 9.46 Å². The topological polar surface area (TPSA) is 101 Å². The number of carbonyl (C=O) groups is 2. The molecule has 1 N–H and O–H groups in total. The number of fused-ring (bicyclic) bond motifs is 3. The van der Waals surface area contributed by atoms with E-state index in [1.807, 2.05) is 24.3 Å². The Kier molecular flexibility index (Phi) is 9.32. The molecule has 4 unspecified atom stereocenters. The van der Waals surface area contributed by atoms with Gasteiger partial charge in [0.15, 0.2) is 0 Å². The molecular weight excluding hydrogens is 637 g/mol. The summed E-state index contributed by atoms with van der Waals surface area (Å²) in [7, 11) is 0.0961. The molecule has 9 nitrogen and oxygen atoms in total. The zero-order valence-electron chi connectivity index (χ0n) is 29.5. The molecule has 3 heterocycles. The number of rotatable bonds is 10. The minimum absolute atomic E-state index is 0.110. The van der Waals surface area contributed by atoms with Crippen LogP contribution in [0.1, 0.15) is 99.9 Å². The first-order chi connectivity index (χ1) is 23.5. The van der Waals surface area contributed by atoms with Crippen molar-refractivity contribution in [1.82, 2.24) is 19.1 Å². The normalized spacial score (nSPS) is 26.1. The molecule has 2 bridgehead atoms. The Morgan fingerprint density at radius 3 is 2.24 bits per heavy atom. The number of sulfonamides is 1. The summed E-state index contributed by atoms with van der Waals surface area (Å²) in [5, 5.41) is 1.08. The number of amides is 2. The summed E-state index contributed by atoms with van der Waals surface area (Å²) in [6.45, 7) is 6.34. The van der Waals surface area contributed by atoms with Crippen molar-refractivity contribution in [2.24, 2.45) is 11.3 Å². The van der Waals surface area contributed by atoms with Gasteiger partial charge in [-0.3, -0.25) is 9.59 Å². The average Bonchev–Trinajstić information content (AvgIpc) is 3.63. The number of piperidine rings is 1. The second-order valence-corrected chi connectivity index (χ2v) is 17.2. The van der Waals surface area contributed by atoms with Crippen LogP contribution in [0, 0.1) is 11.3 Å². The standard InChI is InChI=1S/C39H52N4O5S/c1-5-20-49(46,47)40-37(44)29-16-19-33-34(21-29)42(36(28-14-17-32(48-4)18-15-28)35(33)27-10-7-6-8-11-27)25-39(22-26(39)2)38(45)43-30-12-9-13-31(43)24-41(3)23-30/h14-19,21,26-27,30-31H,5-13,20,22-25H2,1-4H3,(H,40,44). The van der Waals surface area contributed by atoms with Gasteiger partial charge < -0.3 is 19.1 Å². The fourth-order valence-corrected chi connectivity index (χ4v) is 10.4. The monoisotopic (exact) mass is 688 g/mol. The molecule has 2 aliphatic carbocycles. The predicted octanol–water partition coefficient (Wildman–Crippen LogP) is 6.56. The van der Waals surface area contributed by atoms with Crippen molar-refractivity contribution in [3.63, 3.8) is 0 Å². The quantitative estimate of drug-likeness (QED) is 0.259. The number of likely N-dealkylation sites (tertiary alicyclic amines) is 1. The van der Waals surface area contributed by atoms with Crippen molar-refractivity contribution in [3.8, 4) is 17.0 Å². The maximum absolute atomic E-state index is 14.9. The number of nitrogens with zero attached hydrogens (tertiary/aromatic N) is 3. The smallest absolute Gasteiger partial charge is 0.264 e. The van der Waals surface area contributed by atoms with E-state index in [0.717, 1.165) is 73.1 Å². The number of piperazine rings is 1. The Hall–Kier alpha value is -3.37. The Morgan fingerprint density at radius 2 is 1.63 bits per heavy atom. The zero-order valence-corrected chi connectivity index (χ0v) is 30.4. The van der Waals surface area contributed by atoms with Crippen molar-refractivity contribution in [2.45, 2.75) is 103 Å². The lowest BCUT2D eigenvalue weighted by Gasteiger charge is -2.50. The first-order valence-corrected chi connectivity index (χ1v) is 20.1. The van der Waals surface area contributed by atoms with Crippen LogP contribution in [-0.4, -0.2) is 79.7 Å². The van der Waals surface area contributed by atoms with Crippen LogP contribution in [-0.2, 0) is 21.4 Å². The molecular formula is C39H52N4O5S. The molecule has 0 radical (unpaired) electrons. The number of methoxy groups -OCH3 is 1. The predicted molar refractivity (Wildman–Crippen MR) is 193 cm³/mol. The van der Waals surface area contributed by atoms with Gasteiger partial charge in [-0.25, -0.2) is 13.1 Å². The van der Waals surface area contributed by atoms with Crippen LogP contribution in [0.4, 0.5) is 0 Å². The molecule has 10 heteroatoms. The molecule has 2 aromatic carbocycles. The van der Waals surface area contributed by atoms with Gasteiger partial charge in [-0.05, 0) is 111 Å². The molecule has 4 atom stereocenters. The summed E-state index contributed by atoms with van der Waals surface area (Å²) in [4.78, 5) is 33.0. The molecule has 264 valence electrons. The van der Waals surface area contributed by atoms with E-state index in [2.05, 4.69) is 45.2 Å². The van der Waals surface area contributed by atoms with Crippen LogP contribution in [0.5, 0.6) is 5.75 Å². The largest absolute Gasteiger partial charge is 0.497 e. The third-order valence-corrected chi connectivity index (χ3v) is 13.4. The van der Waals surface area contributed by atoms with E-state index in [1.165, 1.54) is 31.2 Å². The number of hydrogen-bond donors (Lipinski definition) is 1. The molecule has 2 aliphatic heterocycles. The highest BCUT2D eigenvalue weighted by Crippen LogP contribution is 2.57. The first kappa shape index (κ1) is 34.1. The molecule has 2 amide bonds. The number of benzene rings is 2.